The Bertz CT molecular complexity index is 551. The van der Waals surface area contributed by atoms with Gasteiger partial charge < -0.3 is 15.0 Å². The van der Waals surface area contributed by atoms with Crippen LogP contribution in [-0.2, 0) is 9.59 Å². The molecule has 0 saturated carbocycles. The van der Waals surface area contributed by atoms with Crippen LogP contribution in [0, 0.1) is 0 Å². The molecule has 21 heavy (non-hydrogen) atoms. The minimum absolute atomic E-state index is 0.0794. The summed E-state index contributed by atoms with van der Waals surface area (Å²) in [6, 6.07) is 5.07. The number of rotatable bonds is 4. The van der Waals surface area contributed by atoms with Gasteiger partial charge >= 0.3 is 0 Å². The van der Waals surface area contributed by atoms with E-state index in [1.54, 1.807) is 11.0 Å². The molecule has 1 aliphatic heterocycles. The Morgan fingerprint density at radius 1 is 1.48 bits per heavy atom. The number of benzene rings is 1. The zero-order valence-electron chi connectivity index (χ0n) is 11.6. The Morgan fingerprint density at radius 2 is 2.24 bits per heavy atom. The molecule has 1 saturated heterocycles. The van der Waals surface area contributed by atoms with Gasteiger partial charge in [-0.1, -0.05) is 22.9 Å². The van der Waals surface area contributed by atoms with E-state index in [2.05, 4.69) is 37.2 Å². The molecule has 7 heteroatoms. The Labute approximate surface area is 140 Å². The van der Waals surface area contributed by atoms with Gasteiger partial charge in [-0.15, -0.1) is 0 Å². The highest BCUT2D eigenvalue weighted by Gasteiger charge is 2.31. The maximum Gasteiger partial charge on any atom is 0.261 e. The third-order valence-corrected chi connectivity index (χ3v) is 4.40. The predicted octanol–water partition coefficient (Wildman–Crippen LogP) is 2.33. The average Bonchev–Trinajstić information content (AvgIpc) is 2.45. The van der Waals surface area contributed by atoms with Crippen LogP contribution in [0.2, 0.25) is 0 Å². The summed E-state index contributed by atoms with van der Waals surface area (Å²) in [6.45, 7) is 2.82. The number of hydrogen-bond donors (Lipinski definition) is 1. The van der Waals surface area contributed by atoms with Gasteiger partial charge in [-0.25, -0.2) is 0 Å². The Morgan fingerprint density at radius 3 is 2.90 bits per heavy atom. The second-order valence-electron chi connectivity index (χ2n) is 4.67. The summed E-state index contributed by atoms with van der Waals surface area (Å²) >= 11 is 6.74. The summed E-state index contributed by atoms with van der Waals surface area (Å²) in [5.41, 5.74) is 0. The number of nitrogens with one attached hydrogen (secondary N) is 1. The van der Waals surface area contributed by atoms with Crippen molar-refractivity contribution in [3.05, 3.63) is 27.1 Å². The number of carbonyl (C=O) groups is 2. The van der Waals surface area contributed by atoms with Crippen molar-refractivity contribution in [3.63, 3.8) is 0 Å². The van der Waals surface area contributed by atoms with E-state index >= 15 is 0 Å². The van der Waals surface area contributed by atoms with E-state index in [0.717, 1.165) is 8.95 Å². The monoisotopic (exact) mass is 418 g/mol. The molecule has 5 nitrogen and oxygen atoms in total. The van der Waals surface area contributed by atoms with E-state index in [9.17, 15) is 9.59 Å². The minimum Gasteiger partial charge on any atom is -0.483 e. The van der Waals surface area contributed by atoms with Crippen molar-refractivity contribution < 1.29 is 14.3 Å². The molecule has 1 aliphatic rings. The zero-order valence-corrected chi connectivity index (χ0v) is 14.7. The van der Waals surface area contributed by atoms with Gasteiger partial charge in [0.05, 0.1) is 4.47 Å². The molecule has 114 valence electrons. The first-order chi connectivity index (χ1) is 10.0. The van der Waals surface area contributed by atoms with E-state index in [4.69, 9.17) is 4.74 Å². The first-order valence-electron chi connectivity index (χ1n) is 6.68. The molecule has 0 aliphatic carbocycles. The lowest BCUT2D eigenvalue weighted by molar-refractivity contribution is -0.144. The van der Waals surface area contributed by atoms with Crippen LogP contribution in [0.4, 0.5) is 0 Å². The number of ether oxygens (including phenoxy) is 1. The van der Waals surface area contributed by atoms with Crippen molar-refractivity contribution in [3.8, 4) is 5.75 Å². The normalized spacial score (nSPS) is 18.3. The van der Waals surface area contributed by atoms with Crippen LogP contribution >= 0.6 is 31.9 Å². The Kier molecular flexibility index (Phi) is 5.64. The van der Waals surface area contributed by atoms with Crippen LogP contribution < -0.4 is 10.1 Å². The highest BCUT2D eigenvalue weighted by molar-refractivity contribution is 9.11. The van der Waals surface area contributed by atoms with Gasteiger partial charge in [0, 0.05) is 17.6 Å². The number of carbonyl (C=O) groups excluding carboxylic acids is 2. The number of halogens is 2. The number of nitrogens with zero attached hydrogens (tertiary/aromatic N) is 1. The first kappa shape index (κ1) is 16.3. The summed E-state index contributed by atoms with van der Waals surface area (Å²) in [4.78, 5) is 25.6. The van der Waals surface area contributed by atoms with Crippen molar-refractivity contribution in [1.82, 2.24) is 10.2 Å². The SMILES string of the molecule is CCC1C(=O)NCCN1C(=O)COc1ccc(Br)cc1Br. The van der Waals surface area contributed by atoms with Crippen LogP contribution in [-0.4, -0.2) is 42.5 Å². The lowest BCUT2D eigenvalue weighted by atomic mass is 10.1. The van der Waals surface area contributed by atoms with Gasteiger partial charge in [-0.3, -0.25) is 9.59 Å². The fourth-order valence-electron chi connectivity index (χ4n) is 2.23. The Hall–Kier alpha value is -1.08. The largest absolute Gasteiger partial charge is 0.483 e. The molecule has 1 heterocycles. The van der Waals surface area contributed by atoms with E-state index in [1.165, 1.54) is 0 Å². The van der Waals surface area contributed by atoms with Crippen LogP contribution in [0.3, 0.4) is 0 Å². The molecule has 0 aromatic heterocycles. The summed E-state index contributed by atoms with van der Waals surface area (Å²) in [5.74, 6) is 0.328. The smallest absolute Gasteiger partial charge is 0.261 e. The fourth-order valence-corrected chi connectivity index (χ4v) is 3.40. The van der Waals surface area contributed by atoms with Gasteiger partial charge in [0.25, 0.3) is 5.91 Å². The highest BCUT2D eigenvalue weighted by Crippen LogP contribution is 2.28. The quantitative estimate of drug-likeness (QED) is 0.814. The van der Waals surface area contributed by atoms with Gasteiger partial charge in [-0.2, -0.15) is 0 Å². The zero-order chi connectivity index (χ0) is 15.4. The molecule has 1 N–H and O–H groups in total. The molecule has 1 fully saturated rings. The maximum atomic E-state index is 12.3. The molecule has 1 aromatic carbocycles. The average molecular weight is 420 g/mol. The second-order valence-corrected chi connectivity index (χ2v) is 6.44. The predicted molar refractivity (Wildman–Crippen MR) is 86.1 cm³/mol. The molecular formula is C14H16Br2N2O3. The van der Waals surface area contributed by atoms with Crippen molar-refractivity contribution in [2.45, 2.75) is 19.4 Å². The lowest BCUT2D eigenvalue weighted by Gasteiger charge is -2.34. The maximum absolute atomic E-state index is 12.3. The van der Waals surface area contributed by atoms with Crippen LogP contribution in [0.15, 0.2) is 27.1 Å². The molecule has 1 aromatic rings. The molecular weight excluding hydrogens is 404 g/mol. The summed E-state index contributed by atoms with van der Waals surface area (Å²) in [7, 11) is 0. The molecule has 0 radical (unpaired) electrons. The summed E-state index contributed by atoms with van der Waals surface area (Å²) in [5, 5.41) is 2.77. The van der Waals surface area contributed by atoms with Crippen molar-refractivity contribution in [1.29, 1.82) is 0 Å². The van der Waals surface area contributed by atoms with E-state index < -0.39 is 6.04 Å². The molecule has 2 amide bonds. The summed E-state index contributed by atoms with van der Waals surface area (Å²) in [6.07, 6.45) is 0.597. The molecule has 1 unspecified atom stereocenters. The van der Waals surface area contributed by atoms with Crippen molar-refractivity contribution >= 4 is 43.7 Å². The van der Waals surface area contributed by atoms with E-state index in [1.807, 2.05) is 19.1 Å². The van der Waals surface area contributed by atoms with Crippen LogP contribution in [0.25, 0.3) is 0 Å². The number of hydrogen-bond acceptors (Lipinski definition) is 3. The molecule has 0 bridgehead atoms. The van der Waals surface area contributed by atoms with Gasteiger partial charge in [0.15, 0.2) is 6.61 Å². The van der Waals surface area contributed by atoms with E-state index in [-0.39, 0.29) is 18.4 Å². The molecule has 2 rings (SSSR count). The Balaban J connectivity index is 1.99. The fraction of sp³-hybridized carbons (Fsp3) is 0.429. The highest BCUT2D eigenvalue weighted by atomic mass is 79.9. The number of amides is 2. The third kappa shape index (κ3) is 3.97. The van der Waals surface area contributed by atoms with Gasteiger partial charge in [0.1, 0.15) is 11.8 Å². The first-order valence-corrected chi connectivity index (χ1v) is 8.26. The number of piperazine rings is 1. The van der Waals surface area contributed by atoms with Gasteiger partial charge in [-0.05, 0) is 40.5 Å². The topological polar surface area (TPSA) is 58.6 Å². The van der Waals surface area contributed by atoms with Crippen LogP contribution in [0.1, 0.15) is 13.3 Å². The molecule has 1 atom stereocenters. The third-order valence-electron chi connectivity index (χ3n) is 3.28. The van der Waals surface area contributed by atoms with Crippen molar-refractivity contribution in [2.24, 2.45) is 0 Å². The summed E-state index contributed by atoms with van der Waals surface area (Å²) < 4.78 is 7.24. The van der Waals surface area contributed by atoms with Crippen molar-refractivity contribution in [2.75, 3.05) is 19.7 Å². The van der Waals surface area contributed by atoms with E-state index in [0.29, 0.717) is 25.3 Å². The standard InChI is InChI=1S/C14H16Br2N2O3/c1-2-11-14(20)17-5-6-18(11)13(19)8-21-12-4-3-9(15)7-10(12)16/h3-4,7,11H,2,5-6,8H2,1H3,(H,17,20). The van der Waals surface area contributed by atoms with Crippen LogP contribution in [0.5, 0.6) is 5.75 Å². The lowest BCUT2D eigenvalue weighted by Crippen LogP contribution is -2.57. The molecule has 0 spiro atoms. The minimum atomic E-state index is -0.400. The van der Waals surface area contributed by atoms with Gasteiger partial charge in [0.2, 0.25) is 5.91 Å². The second kappa shape index (κ2) is 7.26.